The van der Waals surface area contributed by atoms with Crippen molar-refractivity contribution in [3.05, 3.63) is 64.8 Å². The van der Waals surface area contributed by atoms with Gasteiger partial charge < -0.3 is 10.2 Å². The summed E-state index contributed by atoms with van der Waals surface area (Å²) in [6.07, 6.45) is 1.71. The first kappa shape index (κ1) is 19.7. The van der Waals surface area contributed by atoms with Crippen LogP contribution in [0.5, 0.6) is 0 Å². The Morgan fingerprint density at radius 2 is 2.00 bits per heavy atom. The van der Waals surface area contributed by atoms with Gasteiger partial charge in [-0.15, -0.1) is 11.3 Å². The molecule has 0 aliphatic heterocycles. The van der Waals surface area contributed by atoms with Crippen LogP contribution in [0, 0.1) is 6.92 Å². The predicted molar refractivity (Wildman–Crippen MR) is 111 cm³/mol. The average Bonchev–Trinajstić information content (AvgIpc) is 3.09. The highest BCUT2D eigenvalue weighted by molar-refractivity contribution is 7.17. The number of rotatable bonds is 6. The summed E-state index contributed by atoms with van der Waals surface area (Å²) in [6, 6.07) is 13.1. The van der Waals surface area contributed by atoms with Gasteiger partial charge in [-0.3, -0.25) is 14.6 Å². The molecule has 0 bridgehead atoms. The minimum absolute atomic E-state index is 0.0271. The highest BCUT2D eigenvalue weighted by Crippen LogP contribution is 2.27. The number of thiazole rings is 1. The lowest BCUT2D eigenvalue weighted by Crippen LogP contribution is -2.27. The topological polar surface area (TPSA) is 75.2 Å². The van der Waals surface area contributed by atoms with Gasteiger partial charge in [-0.1, -0.05) is 18.2 Å². The lowest BCUT2D eigenvalue weighted by Gasteiger charge is -2.19. The molecule has 28 heavy (non-hydrogen) atoms. The van der Waals surface area contributed by atoms with Gasteiger partial charge in [0.2, 0.25) is 5.91 Å². The van der Waals surface area contributed by atoms with Crippen LogP contribution in [0.3, 0.4) is 0 Å². The van der Waals surface area contributed by atoms with Gasteiger partial charge in [-0.05, 0) is 43.7 Å². The van der Waals surface area contributed by atoms with E-state index in [2.05, 4.69) is 15.3 Å². The lowest BCUT2D eigenvalue weighted by molar-refractivity contribution is -0.129. The van der Waals surface area contributed by atoms with Crippen LogP contribution in [0.1, 0.15) is 34.8 Å². The van der Waals surface area contributed by atoms with Crippen molar-refractivity contribution in [3.8, 4) is 10.7 Å². The Labute approximate surface area is 168 Å². The van der Waals surface area contributed by atoms with Crippen molar-refractivity contribution in [2.24, 2.45) is 0 Å². The van der Waals surface area contributed by atoms with Crippen LogP contribution in [0.4, 0.5) is 5.69 Å². The van der Waals surface area contributed by atoms with Gasteiger partial charge in [0.25, 0.3) is 5.91 Å². The first-order chi connectivity index (χ1) is 13.5. The third-order valence-corrected chi connectivity index (χ3v) is 5.45. The van der Waals surface area contributed by atoms with Crippen LogP contribution in [0.15, 0.2) is 48.7 Å². The van der Waals surface area contributed by atoms with E-state index in [4.69, 9.17) is 0 Å². The van der Waals surface area contributed by atoms with E-state index in [1.807, 2.05) is 56.3 Å². The molecular weight excluding hydrogens is 372 g/mol. The van der Waals surface area contributed by atoms with Crippen molar-refractivity contribution in [2.45, 2.75) is 27.3 Å². The molecule has 3 aromatic rings. The second kappa shape index (κ2) is 8.75. The number of benzene rings is 1. The van der Waals surface area contributed by atoms with Gasteiger partial charge in [0.15, 0.2) is 0 Å². The van der Waals surface area contributed by atoms with Crippen molar-refractivity contribution < 1.29 is 9.59 Å². The number of aryl methyl sites for hydroxylation is 1. The SMILES string of the molecule is CCN(Cc1cccc(NC(=O)c2sc(-c3ccccn3)nc2C)c1)C(C)=O. The molecule has 0 saturated carbocycles. The third kappa shape index (κ3) is 4.61. The number of hydrogen-bond donors (Lipinski definition) is 1. The number of pyridine rings is 1. The molecule has 0 atom stereocenters. The molecule has 0 unspecified atom stereocenters. The van der Waals surface area contributed by atoms with E-state index >= 15 is 0 Å². The monoisotopic (exact) mass is 394 g/mol. The molecule has 6 nitrogen and oxygen atoms in total. The molecule has 1 aromatic carbocycles. The number of carbonyl (C=O) groups excluding carboxylic acids is 2. The molecule has 0 spiro atoms. The van der Waals surface area contributed by atoms with Gasteiger partial charge in [-0.25, -0.2) is 4.98 Å². The maximum atomic E-state index is 12.8. The molecule has 2 aromatic heterocycles. The second-order valence-electron chi connectivity index (χ2n) is 6.34. The van der Waals surface area contributed by atoms with Crippen LogP contribution in [0.25, 0.3) is 10.7 Å². The molecule has 0 radical (unpaired) electrons. The summed E-state index contributed by atoms with van der Waals surface area (Å²) in [5, 5.41) is 3.65. The maximum absolute atomic E-state index is 12.8. The van der Waals surface area contributed by atoms with Crippen molar-refractivity contribution >= 4 is 28.8 Å². The molecule has 0 aliphatic carbocycles. The molecule has 2 heterocycles. The molecule has 7 heteroatoms. The smallest absolute Gasteiger partial charge is 0.267 e. The Kier molecular flexibility index (Phi) is 6.16. The summed E-state index contributed by atoms with van der Waals surface area (Å²) in [5.74, 6) is -0.174. The maximum Gasteiger partial charge on any atom is 0.267 e. The third-order valence-electron chi connectivity index (χ3n) is 4.27. The van der Waals surface area contributed by atoms with E-state index in [0.717, 1.165) is 16.3 Å². The second-order valence-corrected chi connectivity index (χ2v) is 7.34. The lowest BCUT2D eigenvalue weighted by atomic mass is 10.2. The first-order valence-corrected chi connectivity index (χ1v) is 9.84. The van der Waals surface area contributed by atoms with Crippen LogP contribution in [0.2, 0.25) is 0 Å². The zero-order valence-corrected chi connectivity index (χ0v) is 16.9. The zero-order chi connectivity index (χ0) is 20.1. The highest BCUT2D eigenvalue weighted by atomic mass is 32.1. The van der Waals surface area contributed by atoms with Gasteiger partial charge >= 0.3 is 0 Å². The Morgan fingerprint density at radius 1 is 1.18 bits per heavy atom. The summed E-state index contributed by atoms with van der Waals surface area (Å²) in [4.78, 5) is 35.5. The van der Waals surface area contributed by atoms with Gasteiger partial charge in [0, 0.05) is 31.9 Å². The summed E-state index contributed by atoms with van der Waals surface area (Å²) < 4.78 is 0. The summed E-state index contributed by atoms with van der Waals surface area (Å²) >= 11 is 1.32. The van der Waals surface area contributed by atoms with Crippen molar-refractivity contribution in [1.82, 2.24) is 14.9 Å². The van der Waals surface area contributed by atoms with Crippen LogP contribution in [-0.4, -0.2) is 33.2 Å². The van der Waals surface area contributed by atoms with Crippen LogP contribution in [-0.2, 0) is 11.3 Å². The Bertz CT molecular complexity index is 985. The molecule has 2 amide bonds. The zero-order valence-electron chi connectivity index (χ0n) is 16.1. The molecule has 1 N–H and O–H groups in total. The Balaban J connectivity index is 1.76. The number of anilines is 1. The Morgan fingerprint density at radius 3 is 2.68 bits per heavy atom. The number of nitrogens with zero attached hydrogens (tertiary/aromatic N) is 3. The number of aromatic nitrogens is 2. The molecule has 3 rings (SSSR count). The van der Waals surface area contributed by atoms with Crippen LogP contribution >= 0.6 is 11.3 Å². The van der Waals surface area contributed by atoms with Crippen LogP contribution < -0.4 is 5.32 Å². The van der Waals surface area contributed by atoms with Crippen molar-refractivity contribution in [2.75, 3.05) is 11.9 Å². The number of hydrogen-bond acceptors (Lipinski definition) is 5. The molecule has 144 valence electrons. The fourth-order valence-electron chi connectivity index (χ4n) is 2.81. The standard InChI is InChI=1S/C21H22N4O2S/c1-4-25(15(3)26)13-16-8-7-9-17(12-16)24-20(27)19-14(2)23-21(28-19)18-10-5-6-11-22-18/h5-12H,4,13H2,1-3H3,(H,24,27). The normalized spacial score (nSPS) is 10.5. The fourth-order valence-corrected chi connectivity index (χ4v) is 3.75. The van der Waals surface area contributed by atoms with E-state index in [1.54, 1.807) is 18.0 Å². The summed E-state index contributed by atoms with van der Waals surface area (Å²) in [7, 11) is 0. The summed E-state index contributed by atoms with van der Waals surface area (Å²) in [5.41, 5.74) is 3.08. The largest absolute Gasteiger partial charge is 0.339 e. The minimum Gasteiger partial charge on any atom is -0.339 e. The van der Waals surface area contributed by atoms with E-state index in [1.165, 1.54) is 11.3 Å². The first-order valence-electron chi connectivity index (χ1n) is 9.02. The quantitative estimate of drug-likeness (QED) is 0.682. The summed E-state index contributed by atoms with van der Waals surface area (Å²) in [6.45, 7) is 6.47. The molecule has 0 saturated heterocycles. The van der Waals surface area contributed by atoms with Gasteiger partial charge in [-0.2, -0.15) is 0 Å². The number of carbonyl (C=O) groups is 2. The Hall–Kier alpha value is -3.06. The van der Waals surface area contributed by atoms with Crippen molar-refractivity contribution in [1.29, 1.82) is 0 Å². The predicted octanol–water partition coefficient (Wildman–Crippen LogP) is 4.13. The molecule has 0 aliphatic rings. The van der Waals surface area contributed by atoms with E-state index in [9.17, 15) is 9.59 Å². The van der Waals surface area contributed by atoms with E-state index in [0.29, 0.717) is 29.3 Å². The number of nitrogens with one attached hydrogen (secondary N) is 1. The average molecular weight is 395 g/mol. The van der Waals surface area contributed by atoms with Gasteiger partial charge in [0.05, 0.1) is 11.4 Å². The van der Waals surface area contributed by atoms with Gasteiger partial charge in [0.1, 0.15) is 9.88 Å². The minimum atomic E-state index is -0.201. The van der Waals surface area contributed by atoms with Crippen molar-refractivity contribution in [3.63, 3.8) is 0 Å². The van der Waals surface area contributed by atoms with E-state index < -0.39 is 0 Å². The fraction of sp³-hybridized carbons (Fsp3) is 0.238. The number of amides is 2. The highest BCUT2D eigenvalue weighted by Gasteiger charge is 2.17. The molecule has 0 fully saturated rings. The molecular formula is C21H22N4O2S. The van der Waals surface area contributed by atoms with E-state index in [-0.39, 0.29) is 11.8 Å².